The van der Waals surface area contributed by atoms with Crippen LogP contribution in [0.2, 0.25) is 0 Å². The summed E-state index contributed by atoms with van der Waals surface area (Å²) in [7, 11) is 0. The molecule has 0 aliphatic carbocycles. The molecule has 1 fully saturated rings. The molecule has 1 aromatic rings. The molecule has 1 saturated heterocycles. The van der Waals surface area contributed by atoms with Crippen molar-refractivity contribution in [3.63, 3.8) is 0 Å². The molecule has 0 saturated carbocycles. The number of carbonyl (C=O) groups excluding carboxylic acids is 1. The molecule has 0 aromatic carbocycles. The molecule has 2 N–H and O–H groups in total. The zero-order valence-electron chi connectivity index (χ0n) is 9.09. The number of nitrogens with two attached hydrogens (primary N) is 1. The lowest BCUT2D eigenvalue weighted by molar-refractivity contribution is -0.162. The second kappa shape index (κ2) is 5.74. The van der Waals surface area contributed by atoms with Crippen molar-refractivity contribution >= 4 is 28.5 Å². The molecule has 1 atom stereocenters. The first-order valence-electron chi connectivity index (χ1n) is 5.24. The van der Waals surface area contributed by atoms with Gasteiger partial charge in [0.15, 0.2) is 10.8 Å². The van der Waals surface area contributed by atoms with Gasteiger partial charge in [0.1, 0.15) is 5.69 Å². The largest absolute Gasteiger partial charge is 0.375 e. The Morgan fingerprint density at radius 2 is 2.59 bits per heavy atom. The van der Waals surface area contributed by atoms with Crippen LogP contribution in [0.3, 0.4) is 0 Å². The van der Waals surface area contributed by atoms with Gasteiger partial charge in [0.25, 0.3) is 6.29 Å². The van der Waals surface area contributed by atoms with Crippen LogP contribution in [-0.2, 0) is 14.4 Å². The van der Waals surface area contributed by atoms with E-state index in [1.807, 2.05) is 0 Å². The average Bonchev–Trinajstić information content (AvgIpc) is 2.78. The van der Waals surface area contributed by atoms with Gasteiger partial charge < -0.3 is 15.3 Å². The summed E-state index contributed by atoms with van der Waals surface area (Å²) in [5, 5.41) is 5.71. The summed E-state index contributed by atoms with van der Waals surface area (Å²) < 4.78 is 5.31. The molecule has 1 aromatic heterocycles. The number of nitrogen functional groups attached to an aromatic ring is 1. The SMILES string of the molecule is Nc1nc(/C([C]=O)=N/OC2CCCCO2)cs1. The van der Waals surface area contributed by atoms with Crippen molar-refractivity contribution in [1.29, 1.82) is 0 Å². The summed E-state index contributed by atoms with van der Waals surface area (Å²) in [4.78, 5) is 19.8. The molecule has 0 spiro atoms. The number of thiazole rings is 1. The molecule has 0 amide bonds. The van der Waals surface area contributed by atoms with E-state index >= 15 is 0 Å². The Labute approximate surface area is 102 Å². The van der Waals surface area contributed by atoms with Crippen molar-refractivity contribution in [2.75, 3.05) is 12.3 Å². The molecule has 17 heavy (non-hydrogen) atoms. The highest BCUT2D eigenvalue weighted by molar-refractivity contribution is 7.13. The van der Waals surface area contributed by atoms with E-state index in [4.69, 9.17) is 15.3 Å². The first kappa shape index (κ1) is 12.0. The summed E-state index contributed by atoms with van der Waals surface area (Å²) in [6.07, 6.45) is 4.12. The van der Waals surface area contributed by atoms with Gasteiger partial charge in [-0.3, -0.25) is 4.79 Å². The van der Waals surface area contributed by atoms with Gasteiger partial charge in [0.05, 0.1) is 6.61 Å². The third-order valence-corrected chi connectivity index (χ3v) is 2.93. The molecule has 91 valence electrons. The number of hydrogen-bond acceptors (Lipinski definition) is 7. The van der Waals surface area contributed by atoms with E-state index in [-0.39, 0.29) is 12.0 Å². The van der Waals surface area contributed by atoms with Crippen molar-refractivity contribution in [1.82, 2.24) is 4.98 Å². The minimum atomic E-state index is -0.386. The molecule has 7 heteroatoms. The highest BCUT2D eigenvalue weighted by Crippen LogP contribution is 2.15. The number of nitrogens with zero attached hydrogens (tertiary/aromatic N) is 2. The van der Waals surface area contributed by atoms with Gasteiger partial charge in [0, 0.05) is 11.8 Å². The average molecular weight is 254 g/mol. The van der Waals surface area contributed by atoms with Crippen molar-refractivity contribution in [3.8, 4) is 0 Å². The van der Waals surface area contributed by atoms with E-state index in [1.165, 1.54) is 11.3 Å². The van der Waals surface area contributed by atoms with Gasteiger partial charge in [-0.15, -0.1) is 11.3 Å². The van der Waals surface area contributed by atoms with Crippen LogP contribution in [0.5, 0.6) is 0 Å². The van der Waals surface area contributed by atoms with E-state index < -0.39 is 0 Å². The monoisotopic (exact) mass is 254 g/mol. The van der Waals surface area contributed by atoms with E-state index in [9.17, 15) is 4.79 Å². The summed E-state index contributed by atoms with van der Waals surface area (Å²) in [5.41, 5.74) is 5.85. The number of ether oxygens (including phenoxy) is 1. The van der Waals surface area contributed by atoms with E-state index in [2.05, 4.69) is 10.1 Å². The molecule has 1 aliphatic heterocycles. The van der Waals surface area contributed by atoms with Gasteiger partial charge in [-0.1, -0.05) is 5.16 Å². The molecule has 2 heterocycles. The maximum Gasteiger partial charge on any atom is 0.259 e. The smallest absolute Gasteiger partial charge is 0.259 e. The lowest BCUT2D eigenvalue weighted by Crippen LogP contribution is -2.21. The van der Waals surface area contributed by atoms with Gasteiger partial charge in [0.2, 0.25) is 6.29 Å². The van der Waals surface area contributed by atoms with E-state index in [1.54, 1.807) is 11.7 Å². The molecule has 1 radical (unpaired) electrons. The van der Waals surface area contributed by atoms with Crippen molar-refractivity contribution < 1.29 is 14.4 Å². The molecule has 6 nitrogen and oxygen atoms in total. The first-order chi connectivity index (χ1) is 8.29. The van der Waals surface area contributed by atoms with Gasteiger partial charge in [-0.05, 0) is 12.8 Å². The zero-order valence-corrected chi connectivity index (χ0v) is 9.90. The van der Waals surface area contributed by atoms with Crippen molar-refractivity contribution in [2.45, 2.75) is 25.6 Å². The van der Waals surface area contributed by atoms with Crippen LogP contribution in [0.1, 0.15) is 25.0 Å². The molecular formula is C10H12N3O3S. The van der Waals surface area contributed by atoms with Gasteiger partial charge in [-0.2, -0.15) is 0 Å². The normalized spacial score (nSPS) is 21.2. The van der Waals surface area contributed by atoms with E-state index in [0.29, 0.717) is 17.4 Å². The Balaban J connectivity index is 1.99. The Hall–Kier alpha value is -1.47. The Kier molecular flexibility index (Phi) is 4.05. The Bertz CT molecular complexity index is 413. The van der Waals surface area contributed by atoms with Crippen LogP contribution < -0.4 is 5.73 Å². The molecule has 0 bridgehead atoms. The summed E-state index contributed by atoms with van der Waals surface area (Å²) in [6.45, 7) is 0.657. The van der Waals surface area contributed by atoms with Crippen LogP contribution in [0.15, 0.2) is 10.5 Å². The number of anilines is 1. The molecule has 2 rings (SSSR count). The fourth-order valence-corrected chi connectivity index (χ4v) is 1.97. The topological polar surface area (TPSA) is 86.8 Å². The van der Waals surface area contributed by atoms with Crippen LogP contribution in [-0.4, -0.2) is 29.9 Å². The zero-order chi connectivity index (χ0) is 12.1. The number of hydrogen-bond donors (Lipinski definition) is 1. The predicted octanol–water partition coefficient (Wildman–Crippen LogP) is 1.08. The molecule has 1 aliphatic rings. The van der Waals surface area contributed by atoms with Gasteiger partial charge in [-0.25, -0.2) is 4.98 Å². The second-order valence-corrected chi connectivity index (χ2v) is 4.40. The lowest BCUT2D eigenvalue weighted by atomic mass is 10.2. The van der Waals surface area contributed by atoms with Gasteiger partial charge >= 0.3 is 0 Å². The third-order valence-electron chi connectivity index (χ3n) is 2.26. The van der Waals surface area contributed by atoms with E-state index in [0.717, 1.165) is 19.3 Å². The van der Waals surface area contributed by atoms with Crippen LogP contribution in [0.4, 0.5) is 5.13 Å². The minimum absolute atomic E-state index is 0.00660. The van der Waals surface area contributed by atoms with Crippen molar-refractivity contribution in [2.24, 2.45) is 5.16 Å². The molecule has 1 unspecified atom stereocenters. The number of rotatable bonds is 4. The highest BCUT2D eigenvalue weighted by Gasteiger charge is 2.16. The molecular weight excluding hydrogens is 242 g/mol. The standard InChI is InChI=1S/C10H12N3O3S/c11-10-12-8(6-17-10)7(5-14)13-16-9-3-1-2-4-15-9/h6,9H,1-4H2,(H2,11,12)/b13-7+. The predicted molar refractivity (Wildman–Crippen MR) is 63.4 cm³/mol. The fraction of sp³-hybridized carbons (Fsp3) is 0.500. The second-order valence-electron chi connectivity index (χ2n) is 3.51. The van der Waals surface area contributed by atoms with Crippen molar-refractivity contribution in [3.05, 3.63) is 11.1 Å². The fourth-order valence-electron chi connectivity index (χ4n) is 1.42. The maximum atomic E-state index is 10.7. The third kappa shape index (κ3) is 3.24. The first-order valence-corrected chi connectivity index (χ1v) is 6.12. The summed E-state index contributed by atoms with van der Waals surface area (Å²) >= 11 is 1.23. The lowest BCUT2D eigenvalue weighted by Gasteiger charge is -2.19. The minimum Gasteiger partial charge on any atom is -0.375 e. The Morgan fingerprint density at radius 3 is 3.18 bits per heavy atom. The Morgan fingerprint density at radius 1 is 1.71 bits per heavy atom. The van der Waals surface area contributed by atoms with Crippen LogP contribution in [0.25, 0.3) is 0 Å². The highest BCUT2D eigenvalue weighted by atomic mass is 32.1. The summed E-state index contributed by atoms with van der Waals surface area (Å²) in [5.74, 6) is 0. The quantitative estimate of drug-likeness (QED) is 0.641. The summed E-state index contributed by atoms with van der Waals surface area (Å²) in [6, 6.07) is 0. The van der Waals surface area contributed by atoms with Crippen LogP contribution in [0, 0.1) is 0 Å². The van der Waals surface area contributed by atoms with Crippen LogP contribution >= 0.6 is 11.3 Å². The number of oxime groups is 1. The maximum absolute atomic E-state index is 10.7. The number of aromatic nitrogens is 1.